The SMILES string of the molecule is CO[C@@H]1OC[C@@H](O)[C@H](OCc2ccccc2)[C@H]1OS(=O)(=O)c1ccc(C)cc1. The number of benzene rings is 2. The summed E-state index contributed by atoms with van der Waals surface area (Å²) in [6.45, 7) is 1.99. The van der Waals surface area contributed by atoms with Crippen LogP contribution < -0.4 is 0 Å². The molecule has 1 heterocycles. The number of aliphatic hydroxyl groups is 1. The van der Waals surface area contributed by atoms with E-state index in [2.05, 4.69) is 0 Å². The summed E-state index contributed by atoms with van der Waals surface area (Å²) >= 11 is 0. The smallest absolute Gasteiger partial charge is 0.297 e. The Kier molecular flexibility index (Phi) is 6.82. The summed E-state index contributed by atoms with van der Waals surface area (Å²) in [4.78, 5) is 0.00910. The minimum atomic E-state index is -4.11. The van der Waals surface area contributed by atoms with E-state index >= 15 is 0 Å². The van der Waals surface area contributed by atoms with Crippen molar-refractivity contribution in [3.05, 3.63) is 65.7 Å². The van der Waals surface area contributed by atoms with Gasteiger partial charge in [-0.25, -0.2) is 0 Å². The Labute approximate surface area is 164 Å². The Balaban J connectivity index is 1.81. The van der Waals surface area contributed by atoms with E-state index in [1.54, 1.807) is 12.1 Å². The first-order valence-electron chi connectivity index (χ1n) is 8.88. The molecule has 0 radical (unpaired) electrons. The summed E-state index contributed by atoms with van der Waals surface area (Å²) in [5, 5.41) is 10.4. The number of rotatable bonds is 7. The summed E-state index contributed by atoms with van der Waals surface area (Å²) in [5.74, 6) is 0. The lowest BCUT2D eigenvalue weighted by Crippen LogP contribution is -2.56. The van der Waals surface area contributed by atoms with Crippen molar-refractivity contribution in [2.24, 2.45) is 0 Å². The van der Waals surface area contributed by atoms with Crippen LogP contribution in [0, 0.1) is 6.92 Å². The molecule has 0 aliphatic carbocycles. The number of hydrogen-bond donors (Lipinski definition) is 1. The molecule has 28 heavy (non-hydrogen) atoms. The maximum Gasteiger partial charge on any atom is 0.297 e. The van der Waals surface area contributed by atoms with E-state index in [-0.39, 0.29) is 18.1 Å². The molecule has 0 spiro atoms. The Bertz CT molecular complexity index is 852. The van der Waals surface area contributed by atoms with Gasteiger partial charge in [0.1, 0.15) is 12.2 Å². The molecule has 152 valence electrons. The third kappa shape index (κ3) is 4.96. The highest BCUT2D eigenvalue weighted by Crippen LogP contribution is 2.27. The molecule has 7 nitrogen and oxygen atoms in total. The number of hydrogen-bond acceptors (Lipinski definition) is 7. The van der Waals surface area contributed by atoms with E-state index in [1.165, 1.54) is 19.2 Å². The fraction of sp³-hybridized carbons (Fsp3) is 0.400. The molecule has 1 N–H and O–H groups in total. The minimum absolute atomic E-state index is 0.00910. The van der Waals surface area contributed by atoms with Gasteiger partial charge in [0.15, 0.2) is 12.4 Å². The van der Waals surface area contributed by atoms with Gasteiger partial charge in [-0.3, -0.25) is 4.18 Å². The number of aliphatic hydroxyl groups excluding tert-OH is 1. The molecule has 2 aromatic rings. The number of ether oxygens (including phenoxy) is 3. The average molecular weight is 408 g/mol. The molecule has 1 aliphatic heterocycles. The summed E-state index contributed by atoms with van der Waals surface area (Å²) in [5.41, 5.74) is 1.81. The highest BCUT2D eigenvalue weighted by molar-refractivity contribution is 7.86. The van der Waals surface area contributed by atoms with Gasteiger partial charge in [0.2, 0.25) is 0 Å². The van der Waals surface area contributed by atoms with Crippen LogP contribution in [0.5, 0.6) is 0 Å². The van der Waals surface area contributed by atoms with Crippen LogP contribution in [0.15, 0.2) is 59.5 Å². The summed E-state index contributed by atoms with van der Waals surface area (Å²) in [6, 6.07) is 15.7. The van der Waals surface area contributed by atoms with Crippen LogP contribution in [0.4, 0.5) is 0 Å². The van der Waals surface area contributed by atoms with Crippen molar-refractivity contribution >= 4 is 10.1 Å². The molecule has 3 rings (SSSR count). The molecule has 0 bridgehead atoms. The van der Waals surface area contributed by atoms with Crippen LogP contribution in [0.25, 0.3) is 0 Å². The first-order chi connectivity index (χ1) is 13.4. The van der Waals surface area contributed by atoms with Gasteiger partial charge in [-0.05, 0) is 24.6 Å². The lowest BCUT2D eigenvalue weighted by molar-refractivity contribution is -0.265. The minimum Gasteiger partial charge on any atom is -0.388 e. The van der Waals surface area contributed by atoms with Crippen molar-refractivity contribution in [1.29, 1.82) is 0 Å². The van der Waals surface area contributed by atoms with Gasteiger partial charge in [0.05, 0.1) is 18.1 Å². The highest BCUT2D eigenvalue weighted by Gasteiger charge is 2.44. The summed E-state index contributed by atoms with van der Waals surface area (Å²) in [6.07, 6.45) is -4.17. The van der Waals surface area contributed by atoms with Crippen LogP contribution >= 0.6 is 0 Å². The Morgan fingerprint density at radius 1 is 1.07 bits per heavy atom. The molecule has 1 fully saturated rings. The molecule has 0 aromatic heterocycles. The van der Waals surface area contributed by atoms with E-state index in [4.69, 9.17) is 18.4 Å². The second kappa shape index (κ2) is 9.13. The third-order valence-corrected chi connectivity index (χ3v) is 5.79. The Hall–Kier alpha value is -1.81. The van der Waals surface area contributed by atoms with Crippen molar-refractivity contribution in [2.75, 3.05) is 13.7 Å². The molecule has 4 atom stereocenters. The van der Waals surface area contributed by atoms with E-state index < -0.39 is 34.7 Å². The highest BCUT2D eigenvalue weighted by atomic mass is 32.2. The van der Waals surface area contributed by atoms with Crippen LogP contribution in [-0.4, -0.2) is 51.8 Å². The van der Waals surface area contributed by atoms with Crippen molar-refractivity contribution < 1.29 is 31.9 Å². The largest absolute Gasteiger partial charge is 0.388 e. The van der Waals surface area contributed by atoms with E-state index in [0.717, 1.165) is 11.1 Å². The molecule has 0 saturated carbocycles. The monoisotopic (exact) mass is 408 g/mol. The van der Waals surface area contributed by atoms with Crippen molar-refractivity contribution in [2.45, 2.75) is 43.0 Å². The van der Waals surface area contributed by atoms with Gasteiger partial charge in [-0.15, -0.1) is 0 Å². The van der Waals surface area contributed by atoms with Crippen molar-refractivity contribution in [1.82, 2.24) is 0 Å². The second-order valence-corrected chi connectivity index (χ2v) is 8.17. The van der Waals surface area contributed by atoms with E-state index in [9.17, 15) is 13.5 Å². The van der Waals surface area contributed by atoms with Crippen molar-refractivity contribution in [3.63, 3.8) is 0 Å². The normalized spacial score (nSPS) is 25.5. The first kappa shape index (κ1) is 20.9. The lowest BCUT2D eigenvalue weighted by atomic mass is 10.1. The maximum absolute atomic E-state index is 12.7. The molecular formula is C20H24O7S. The zero-order valence-electron chi connectivity index (χ0n) is 15.7. The van der Waals surface area contributed by atoms with E-state index in [0.29, 0.717) is 0 Å². The predicted molar refractivity (Wildman–Crippen MR) is 101 cm³/mol. The number of aryl methyl sites for hydroxylation is 1. The quantitative estimate of drug-likeness (QED) is 0.701. The third-order valence-electron chi connectivity index (χ3n) is 4.47. The van der Waals surface area contributed by atoms with Gasteiger partial charge in [-0.1, -0.05) is 48.0 Å². The summed E-state index contributed by atoms with van der Waals surface area (Å²) in [7, 11) is -2.73. The Morgan fingerprint density at radius 3 is 2.39 bits per heavy atom. The molecule has 0 unspecified atom stereocenters. The topological polar surface area (TPSA) is 91.3 Å². The van der Waals surface area contributed by atoms with Gasteiger partial charge in [-0.2, -0.15) is 8.42 Å². The zero-order valence-corrected chi connectivity index (χ0v) is 16.5. The van der Waals surface area contributed by atoms with Crippen LogP contribution in [0.2, 0.25) is 0 Å². The van der Waals surface area contributed by atoms with Crippen LogP contribution in [0.3, 0.4) is 0 Å². The van der Waals surface area contributed by atoms with E-state index in [1.807, 2.05) is 37.3 Å². The molecule has 8 heteroatoms. The fourth-order valence-electron chi connectivity index (χ4n) is 2.94. The second-order valence-electron chi connectivity index (χ2n) is 6.59. The average Bonchev–Trinajstić information content (AvgIpc) is 2.69. The first-order valence-corrected chi connectivity index (χ1v) is 10.3. The molecular weight excluding hydrogens is 384 g/mol. The van der Waals surface area contributed by atoms with Gasteiger partial charge in [0, 0.05) is 7.11 Å². The van der Waals surface area contributed by atoms with Crippen molar-refractivity contribution in [3.8, 4) is 0 Å². The summed E-state index contributed by atoms with van der Waals surface area (Å²) < 4.78 is 47.3. The number of methoxy groups -OCH3 is 1. The van der Waals surface area contributed by atoms with Gasteiger partial charge in [0.25, 0.3) is 10.1 Å². The lowest BCUT2D eigenvalue weighted by Gasteiger charge is -2.38. The zero-order chi connectivity index (χ0) is 20.1. The predicted octanol–water partition coefficient (Wildman–Crippen LogP) is 2.02. The standard InChI is InChI=1S/C20H24O7S/c1-14-8-10-16(11-9-14)28(22,23)27-19-18(17(21)13-26-20(19)24-2)25-12-15-6-4-3-5-7-15/h3-11,17-21H,12-13H2,1-2H3/t17-,18+,19-,20-/m1/s1. The molecule has 0 amide bonds. The van der Waals surface area contributed by atoms with Crippen LogP contribution in [0.1, 0.15) is 11.1 Å². The molecule has 1 aliphatic rings. The van der Waals surface area contributed by atoms with Crippen LogP contribution in [-0.2, 0) is 35.1 Å². The van der Waals surface area contributed by atoms with Gasteiger partial charge < -0.3 is 19.3 Å². The maximum atomic E-state index is 12.7. The fourth-order valence-corrected chi connectivity index (χ4v) is 4.01. The molecule has 1 saturated heterocycles. The molecule has 2 aromatic carbocycles. The Morgan fingerprint density at radius 2 is 1.75 bits per heavy atom. The van der Waals surface area contributed by atoms with Gasteiger partial charge >= 0.3 is 0 Å².